The smallest absolute Gasteiger partial charge is 0.301 e. The molecule has 3 aromatic carbocycles. The first kappa shape index (κ1) is 29.3. The van der Waals surface area contributed by atoms with Crippen LogP contribution >= 0.6 is 23.1 Å². The summed E-state index contributed by atoms with van der Waals surface area (Å²) in [5, 5.41) is 22.6. The minimum absolute atomic E-state index is 0.0621. The summed E-state index contributed by atoms with van der Waals surface area (Å²) in [6, 6.07) is 21.8. The van der Waals surface area contributed by atoms with E-state index in [2.05, 4.69) is 39.4 Å². The average molecular weight is 625 g/mol. The number of rotatable bonds is 10. The van der Waals surface area contributed by atoms with Gasteiger partial charge in [-0.3, -0.25) is 19.5 Å². The van der Waals surface area contributed by atoms with Crippen LogP contribution in [0.4, 0.5) is 5.13 Å². The van der Waals surface area contributed by atoms with Gasteiger partial charge in [0.15, 0.2) is 15.8 Å². The number of fused-ring (bicyclic) bond motifs is 1. The predicted molar refractivity (Wildman–Crippen MR) is 171 cm³/mol. The van der Waals surface area contributed by atoms with E-state index in [9.17, 15) is 14.7 Å². The fourth-order valence-electron chi connectivity index (χ4n) is 5.16. The molecule has 1 fully saturated rings. The van der Waals surface area contributed by atoms with Crippen LogP contribution in [0, 0.1) is 0 Å². The third-order valence-corrected chi connectivity index (χ3v) is 9.22. The number of pyridine rings is 1. The zero-order valence-corrected chi connectivity index (χ0v) is 25.6. The molecule has 2 aromatic heterocycles. The molecule has 1 atom stereocenters. The molecular formula is C33H28N4O5S2. The van der Waals surface area contributed by atoms with E-state index in [1.807, 2.05) is 32.0 Å². The van der Waals surface area contributed by atoms with Crippen molar-refractivity contribution in [3.8, 4) is 11.5 Å². The summed E-state index contributed by atoms with van der Waals surface area (Å²) in [7, 11) is 0. The molecule has 1 saturated heterocycles. The molecule has 1 N–H and O–H groups in total. The number of carbonyl (C=O) groups excluding carboxylic acids is 2. The van der Waals surface area contributed by atoms with Gasteiger partial charge in [0.25, 0.3) is 5.78 Å². The van der Waals surface area contributed by atoms with Gasteiger partial charge >= 0.3 is 5.91 Å². The van der Waals surface area contributed by atoms with Crippen molar-refractivity contribution in [3.05, 3.63) is 107 Å². The van der Waals surface area contributed by atoms with Gasteiger partial charge in [-0.2, -0.15) is 0 Å². The molecule has 3 heterocycles. The van der Waals surface area contributed by atoms with E-state index in [-0.39, 0.29) is 16.5 Å². The maximum atomic E-state index is 13.6. The molecule has 1 aliphatic heterocycles. The van der Waals surface area contributed by atoms with Crippen LogP contribution in [0.15, 0.2) is 95.1 Å². The lowest BCUT2D eigenvalue weighted by Crippen LogP contribution is -2.29. The van der Waals surface area contributed by atoms with E-state index in [1.54, 1.807) is 30.3 Å². The Morgan fingerprint density at radius 2 is 1.68 bits per heavy atom. The van der Waals surface area contributed by atoms with Crippen LogP contribution in [0.5, 0.6) is 11.5 Å². The highest BCUT2D eigenvalue weighted by molar-refractivity contribution is 8.00. The molecule has 0 saturated carbocycles. The van der Waals surface area contributed by atoms with Crippen LogP contribution in [0.2, 0.25) is 0 Å². The average Bonchev–Trinajstić information content (AvgIpc) is 3.62. The lowest BCUT2D eigenvalue weighted by molar-refractivity contribution is -0.132. The van der Waals surface area contributed by atoms with E-state index in [1.165, 1.54) is 40.4 Å². The first-order valence-electron chi connectivity index (χ1n) is 14.0. The maximum Gasteiger partial charge on any atom is 0.301 e. The summed E-state index contributed by atoms with van der Waals surface area (Å²) >= 11 is 2.72. The number of benzene rings is 3. The molecule has 1 unspecified atom stereocenters. The van der Waals surface area contributed by atoms with Crippen molar-refractivity contribution in [2.75, 3.05) is 18.1 Å². The van der Waals surface area contributed by atoms with Gasteiger partial charge in [-0.1, -0.05) is 71.6 Å². The molecule has 44 heavy (non-hydrogen) atoms. The Kier molecular flexibility index (Phi) is 8.58. The third-order valence-electron chi connectivity index (χ3n) is 7.11. The Morgan fingerprint density at radius 1 is 0.932 bits per heavy atom. The minimum Gasteiger partial charge on any atom is -0.507 e. The van der Waals surface area contributed by atoms with E-state index >= 15 is 0 Å². The monoisotopic (exact) mass is 624 g/mol. The van der Waals surface area contributed by atoms with Crippen molar-refractivity contribution in [1.82, 2.24) is 15.2 Å². The van der Waals surface area contributed by atoms with Crippen molar-refractivity contribution in [2.24, 2.45) is 0 Å². The van der Waals surface area contributed by atoms with Crippen LogP contribution in [-0.2, 0) is 15.3 Å². The molecule has 1 aliphatic rings. The molecule has 6 rings (SSSR count). The number of aromatic nitrogens is 3. The molecule has 0 radical (unpaired) electrons. The highest BCUT2D eigenvalue weighted by atomic mass is 32.2. The number of nitrogens with zero attached hydrogens (tertiary/aromatic N) is 4. The fourth-order valence-corrected chi connectivity index (χ4v) is 7.04. The van der Waals surface area contributed by atoms with Gasteiger partial charge in [0.05, 0.1) is 24.8 Å². The topological polar surface area (TPSA) is 115 Å². The molecular weight excluding hydrogens is 597 g/mol. The zero-order chi connectivity index (χ0) is 30.6. The van der Waals surface area contributed by atoms with Crippen LogP contribution in [-0.4, -0.2) is 45.2 Å². The van der Waals surface area contributed by atoms with Gasteiger partial charge < -0.3 is 14.6 Å². The van der Waals surface area contributed by atoms with E-state index in [0.717, 1.165) is 16.3 Å². The maximum absolute atomic E-state index is 13.6. The Bertz CT molecular complexity index is 1870. The molecule has 9 nitrogen and oxygen atoms in total. The summed E-state index contributed by atoms with van der Waals surface area (Å²) < 4.78 is 12.2. The predicted octanol–water partition coefficient (Wildman–Crippen LogP) is 6.80. The SMILES string of the molecule is CCOc1ccc(C2/C(=C(\O)c3ccncc3)C(=O)C(=O)N2c2nnc(SCc3cccc4ccccc34)s2)cc1OCC. The molecule has 222 valence electrons. The van der Waals surface area contributed by atoms with Gasteiger partial charge in [0.2, 0.25) is 5.13 Å². The number of amides is 1. The van der Waals surface area contributed by atoms with Gasteiger partial charge in [-0.05, 0) is 60.0 Å². The van der Waals surface area contributed by atoms with Gasteiger partial charge in [0, 0.05) is 23.7 Å². The first-order chi connectivity index (χ1) is 21.5. The second kappa shape index (κ2) is 12.9. The van der Waals surface area contributed by atoms with Crippen molar-refractivity contribution >= 4 is 56.5 Å². The largest absolute Gasteiger partial charge is 0.507 e. The summed E-state index contributed by atoms with van der Waals surface area (Å²) in [6.45, 7) is 4.55. The molecule has 11 heteroatoms. The van der Waals surface area contributed by atoms with Crippen LogP contribution in [0.25, 0.3) is 16.5 Å². The Labute approximate surface area is 262 Å². The lowest BCUT2D eigenvalue weighted by atomic mass is 9.95. The van der Waals surface area contributed by atoms with Crippen molar-refractivity contribution in [2.45, 2.75) is 30.0 Å². The van der Waals surface area contributed by atoms with Crippen LogP contribution in [0.3, 0.4) is 0 Å². The summed E-state index contributed by atoms with van der Waals surface area (Å²) in [4.78, 5) is 32.5. The van der Waals surface area contributed by atoms with Crippen LogP contribution in [0.1, 0.15) is 36.6 Å². The molecule has 5 aromatic rings. The van der Waals surface area contributed by atoms with Gasteiger partial charge in [-0.25, -0.2) is 0 Å². The second-order valence-electron chi connectivity index (χ2n) is 9.75. The summed E-state index contributed by atoms with van der Waals surface area (Å²) in [6.07, 6.45) is 3.02. The number of carbonyl (C=O) groups is 2. The van der Waals surface area contributed by atoms with E-state index in [0.29, 0.717) is 45.9 Å². The molecule has 0 spiro atoms. The van der Waals surface area contributed by atoms with Gasteiger partial charge in [0.1, 0.15) is 5.76 Å². The highest BCUT2D eigenvalue weighted by Gasteiger charge is 2.48. The number of thioether (sulfide) groups is 1. The molecule has 0 bridgehead atoms. The quantitative estimate of drug-likeness (QED) is 0.0589. The van der Waals surface area contributed by atoms with E-state index < -0.39 is 17.7 Å². The zero-order valence-electron chi connectivity index (χ0n) is 24.0. The van der Waals surface area contributed by atoms with Crippen molar-refractivity contribution < 1.29 is 24.2 Å². The number of anilines is 1. The van der Waals surface area contributed by atoms with E-state index in [4.69, 9.17) is 9.47 Å². The number of aliphatic hydroxyl groups is 1. The highest BCUT2D eigenvalue weighted by Crippen LogP contribution is 2.45. The molecule has 0 aliphatic carbocycles. The molecule has 1 amide bonds. The normalized spacial score (nSPS) is 16.0. The number of hydrogen-bond acceptors (Lipinski definition) is 10. The Morgan fingerprint density at radius 3 is 2.48 bits per heavy atom. The fraction of sp³-hybridized carbons (Fsp3) is 0.182. The summed E-state index contributed by atoms with van der Waals surface area (Å²) in [5.41, 5.74) is 2.00. The Hall–Kier alpha value is -4.74. The van der Waals surface area contributed by atoms with Crippen LogP contribution < -0.4 is 14.4 Å². The number of Topliss-reactive ketones (excluding diaryl/α,β-unsaturated/α-hetero) is 1. The number of ether oxygens (including phenoxy) is 2. The van der Waals surface area contributed by atoms with Crippen molar-refractivity contribution in [3.63, 3.8) is 0 Å². The Balaban J connectivity index is 1.40. The number of hydrogen-bond donors (Lipinski definition) is 1. The minimum atomic E-state index is -0.984. The summed E-state index contributed by atoms with van der Waals surface area (Å²) in [5.74, 6) is -0.287. The van der Waals surface area contributed by atoms with Crippen molar-refractivity contribution in [1.29, 1.82) is 0 Å². The van der Waals surface area contributed by atoms with Gasteiger partial charge in [-0.15, -0.1) is 10.2 Å². The number of ketones is 1. The number of aliphatic hydroxyl groups excluding tert-OH is 1. The lowest BCUT2D eigenvalue weighted by Gasteiger charge is -2.23. The first-order valence-corrected chi connectivity index (χ1v) is 15.8. The second-order valence-corrected chi connectivity index (χ2v) is 11.9. The standard InChI is InChI=1S/C33H28N4O5S2/c1-3-41-25-13-12-22(18-26(25)42-4-2)28-27(29(38)21-14-16-34-17-15-21)30(39)31(40)37(28)32-35-36-33(44-32)43-19-23-10-7-9-20-8-5-6-11-24(20)23/h5-18,28,38H,3-4,19H2,1-2H3/b29-27+. The third kappa shape index (κ3) is 5.63.